The van der Waals surface area contributed by atoms with E-state index in [1.165, 1.54) is 0 Å². The minimum absolute atomic E-state index is 0.0482. The minimum Gasteiger partial charge on any atom is -0.352 e. The molecule has 0 radical (unpaired) electrons. The van der Waals surface area contributed by atoms with Gasteiger partial charge in [0.2, 0.25) is 0 Å². The van der Waals surface area contributed by atoms with Crippen molar-refractivity contribution in [3.63, 3.8) is 0 Å². The van der Waals surface area contributed by atoms with E-state index in [1.54, 1.807) is 0 Å². The maximum absolute atomic E-state index is 11.5. The highest BCUT2D eigenvalue weighted by Crippen LogP contribution is 2.45. The molecular formula is C9H18Cl3O5P. The summed E-state index contributed by atoms with van der Waals surface area (Å²) in [6, 6.07) is 0. The first-order valence-corrected chi connectivity index (χ1v) is 8.61. The molecule has 0 amide bonds. The number of alkyl halides is 3. The van der Waals surface area contributed by atoms with Gasteiger partial charge in [-0.15, -0.1) is 34.8 Å². The molecule has 0 bridgehead atoms. The van der Waals surface area contributed by atoms with Crippen molar-refractivity contribution in [2.75, 3.05) is 30.9 Å². The van der Waals surface area contributed by atoms with Crippen molar-refractivity contribution in [1.82, 2.24) is 0 Å². The third kappa shape index (κ3) is 10.8. The van der Waals surface area contributed by atoms with Gasteiger partial charge in [0, 0.05) is 24.1 Å². The molecule has 0 aromatic rings. The van der Waals surface area contributed by atoms with Crippen molar-refractivity contribution < 1.29 is 23.2 Å². The van der Waals surface area contributed by atoms with E-state index in [1.807, 2.05) is 0 Å². The number of phosphoric ester groups is 1. The molecule has 0 aromatic heterocycles. The maximum atomic E-state index is 11.5. The zero-order valence-corrected chi connectivity index (χ0v) is 13.1. The van der Waals surface area contributed by atoms with E-state index in [9.17, 15) is 9.46 Å². The molecule has 5 nitrogen and oxygen atoms in total. The summed E-state index contributed by atoms with van der Waals surface area (Å²) in [5, 5.41) is 0. The van der Waals surface area contributed by atoms with Crippen LogP contribution in [0.15, 0.2) is 0 Å². The van der Waals surface area contributed by atoms with Crippen LogP contribution in [0.2, 0.25) is 0 Å². The van der Waals surface area contributed by atoms with Gasteiger partial charge in [0.1, 0.15) is 0 Å². The standard InChI is InChI=1S/C9H18Cl3O5P/c10-4-1-7-15-9(3-6-12)17-18(13,14)16-8-2-5-11/h9H,1-8H2,(H,13,14). The smallest absolute Gasteiger partial charge is 0.352 e. The summed E-state index contributed by atoms with van der Waals surface area (Å²) in [6.07, 6.45) is 0.486. The molecule has 9 heteroatoms. The Morgan fingerprint density at radius 1 is 1.06 bits per heavy atom. The molecular weight excluding hydrogens is 325 g/mol. The van der Waals surface area contributed by atoms with Crippen LogP contribution in [0.5, 0.6) is 0 Å². The lowest BCUT2D eigenvalue weighted by Gasteiger charge is -2.20. The Morgan fingerprint density at radius 3 is 2.22 bits per heavy atom. The molecule has 2 unspecified atom stereocenters. The molecule has 1 N–H and O–H groups in total. The van der Waals surface area contributed by atoms with Gasteiger partial charge in [-0.25, -0.2) is 4.57 Å². The molecule has 0 aromatic carbocycles. The molecule has 0 spiro atoms. The second-order valence-electron chi connectivity index (χ2n) is 3.27. The number of ether oxygens (including phenoxy) is 1. The monoisotopic (exact) mass is 342 g/mol. The lowest BCUT2D eigenvalue weighted by Crippen LogP contribution is -2.18. The SMILES string of the molecule is O=P(O)(OCCCCl)OC(CCCl)OCCCCl. The van der Waals surface area contributed by atoms with Crippen LogP contribution >= 0.6 is 42.6 Å². The first-order chi connectivity index (χ1) is 8.55. The summed E-state index contributed by atoms with van der Waals surface area (Å²) in [5.41, 5.74) is 0. The summed E-state index contributed by atoms with van der Waals surface area (Å²) in [6.45, 7) is 0.374. The van der Waals surface area contributed by atoms with Gasteiger partial charge in [-0.05, 0) is 12.8 Å². The third-order valence-electron chi connectivity index (χ3n) is 1.71. The van der Waals surface area contributed by atoms with Crippen LogP contribution in [0.25, 0.3) is 0 Å². The van der Waals surface area contributed by atoms with Crippen LogP contribution in [0.3, 0.4) is 0 Å². The van der Waals surface area contributed by atoms with E-state index in [2.05, 4.69) is 0 Å². The van der Waals surface area contributed by atoms with Gasteiger partial charge in [-0.2, -0.15) is 0 Å². The van der Waals surface area contributed by atoms with Crippen molar-refractivity contribution in [1.29, 1.82) is 0 Å². The van der Waals surface area contributed by atoms with Crippen LogP contribution in [-0.2, 0) is 18.3 Å². The Hall–Kier alpha value is 0.940. The van der Waals surface area contributed by atoms with Crippen LogP contribution < -0.4 is 0 Å². The summed E-state index contributed by atoms with van der Waals surface area (Å²) in [5.74, 6) is 1.03. The first-order valence-electron chi connectivity index (χ1n) is 5.51. The van der Waals surface area contributed by atoms with E-state index in [-0.39, 0.29) is 18.9 Å². The molecule has 0 aliphatic rings. The third-order valence-corrected chi connectivity index (χ3v) is 3.47. The van der Waals surface area contributed by atoms with Crippen LogP contribution in [0.4, 0.5) is 0 Å². The molecule has 2 atom stereocenters. The van der Waals surface area contributed by atoms with Gasteiger partial charge >= 0.3 is 7.82 Å². The Labute approximate surface area is 122 Å². The van der Waals surface area contributed by atoms with E-state index >= 15 is 0 Å². The van der Waals surface area contributed by atoms with Crippen LogP contribution in [0, 0.1) is 0 Å². The fourth-order valence-corrected chi connectivity index (χ4v) is 2.22. The first kappa shape index (κ1) is 18.9. The molecule has 18 heavy (non-hydrogen) atoms. The van der Waals surface area contributed by atoms with Gasteiger partial charge in [0.05, 0.1) is 13.2 Å². The maximum Gasteiger partial charge on any atom is 0.474 e. The molecule has 110 valence electrons. The Balaban J connectivity index is 4.06. The largest absolute Gasteiger partial charge is 0.474 e. The van der Waals surface area contributed by atoms with Gasteiger partial charge < -0.3 is 9.63 Å². The number of hydrogen-bond donors (Lipinski definition) is 1. The second kappa shape index (κ2) is 11.7. The fourth-order valence-electron chi connectivity index (χ4n) is 0.938. The molecule has 0 rings (SSSR count). The summed E-state index contributed by atoms with van der Waals surface area (Å²) >= 11 is 16.5. The fraction of sp³-hybridized carbons (Fsp3) is 1.00. The highest BCUT2D eigenvalue weighted by atomic mass is 35.5. The number of rotatable bonds is 12. The van der Waals surface area contributed by atoms with Crippen LogP contribution in [0.1, 0.15) is 19.3 Å². The van der Waals surface area contributed by atoms with Crippen molar-refractivity contribution in [2.24, 2.45) is 0 Å². The molecule has 0 saturated heterocycles. The summed E-state index contributed by atoms with van der Waals surface area (Å²) in [7, 11) is -4.13. The number of hydrogen-bond acceptors (Lipinski definition) is 4. The van der Waals surface area contributed by atoms with Gasteiger partial charge in [-0.3, -0.25) is 9.05 Å². The normalized spacial score (nSPS) is 16.4. The zero-order chi connectivity index (χ0) is 13.9. The Bertz CT molecular complexity index is 244. The van der Waals surface area contributed by atoms with E-state index in [4.69, 9.17) is 48.6 Å². The van der Waals surface area contributed by atoms with Gasteiger partial charge in [0.25, 0.3) is 0 Å². The van der Waals surface area contributed by atoms with Gasteiger partial charge in [0.15, 0.2) is 6.29 Å². The predicted octanol–water partition coefficient (Wildman–Crippen LogP) is 3.35. The molecule has 0 heterocycles. The van der Waals surface area contributed by atoms with Crippen molar-refractivity contribution in [3.8, 4) is 0 Å². The molecule has 0 aliphatic heterocycles. The highest BCUT2D eigenvalue weighted by molar-refractivity contribution is 7.47. The van der Waals surface area contributed by atoms with E-state index < -0.39 is 14.1 Å². The summed E-state index contributed by atoms with van der Waals surface area (Å²) < 4.78 is 26.3. The zero-order valence-electron chi connectivity index (χ0n) is 9.90. The predicted molar refractivity (Wildman–Crippen MR) is 72.6 cm³/mol. The lowest BCUT2D eigenvalue weighted by molar-refractivity contribution is -0.0958. The topological polar surface area (TPSA) is 65.0 Å². The molecule has 0 saturated carbocycles. The number of halogens is 3. The second-order valence-corrected chi connectivity index (χ2v) is 5.81. The molecule has 0 aliphatic carbocycles. The summed E-state index contributed by atoms with van der Waals surface area (Å²) in [4.78, 5) is 9.41. The van der Waals surface area contributed by atoms with E-state index in [0.29, 0.717) is 31.2 Å². The van der Waals surface area contributed by atoms with Crippen molar-refractivity contribution >= 4 is 42.6 Å². The van der Waals surface area contributed by atoms with Gasteiger partial charge in [-0.1, -0.05) is 0 Å². The number of phosphoric acid groups is 1. The van der Waals surface area contributed by atoms with Crippen molar-refractivity contribution in [2.45, 2.75) is 25.6 Å². The highest BCUT2D eigenvalue weighted by Gasteiger charge is 2.26. The quantitative estimate of drug-likeness (QED) is 0.255. The minimum atomic E-state index is -4.13. The molecule has 0 fully saturated rings. The van der Waals surface area contributed by atoms with Crippen molar-refractivity contribution in [3.05, 3.63) is 0 Å². The lowest BCUT2D eigenvalue weighted by atomic mass is 10.4. The Morgan fingerprint density at radius 2 is 1.67 bits per heavy atom. The van der Waals surface area contributed by atoms with Crippen LogP contribution in [-0.4, -0.2) is 42.0 Å². The average molecular weight is 344 g/mol. The average Bonchev–Trinajstić information content (AvgIpc) is 2.29. The van der Waals surface area contributed by atoms with E-state index in [0.717, 1.165) is 0 Å². The Kier molecular flexibility index (Phi) is 12.4.